The lowest BCUT2D eigenvalue weighted by Crippen LogP contribution is -2.51. The molecule has 29 heavy (non-hydrogen) atoms. The summed E-state index contributed by atoms with van der Waals surface area (Å²) in [5.74, 6) is 0.553. The van der Waals surface area contributed by atoms with Crippen LogP contribution in [0.2, 0.25) is 0 Å². The number of amides is 1. The normalized spacial score (nSPS) is 15.4. The Labute approximate surface area is 176 Å². The lowest BCUT2D eigenvalue weighted by atomic mass is 10.2. The largest absolute Gasteiger partial charge is 0.338 e. The molecule has 1 saturated heterocycles. The van der Waals surface area contributed by atoms with Crippen LogP contribution in [-0.2, 0) is 4.79 Å². The van der Waals surface area contributed by atoms with Gasteiger partial charge in [0.25, 0.3) is 0 Å². The molecule has 150 valence electrons. The highest BCUT2D eigenvalue weighted by molar-refractivity contribution is 8.02. The van der Waals surface area contributed by atoms with Gasteiger partial charge in [0.1, 0.15) is 5.82 Å². The summed E-state index contributed by atoms with van der Waals surface area (Å²) in [5, 5.41) is 1.72. The van der Waals surface area contributed by atoms with Gasteiger partial charge in [0, 0.05) is 49.5 Å². The molecular weight excluding hydrogens is 409 g/mol. The Bertz CT molecular complexity index is 959. The molecular formula is C20H20FN5OS2. The third-order valence-corrected chi connectivity index (χ3v) is 6.73. The Morgan fingerprint density at radius 3 is 2.52 bits per heavy atom. The maximum absolute atomic E-state index is 13.1. The molecule has 1 fully saturated rings. The number of benzene rings is 1. The second-order valence-corrected chi connectivity index (χ2v) is 9.07. The number of carbonyl (C=O) groups is 1. The van der Waals surface area contributed by atoms with Gasteiger partial charge in [-0.2, -0.15) is 0 Å². The van der Waals surface area contributed by atoms with E-state index >= 15 is 0 Å². The standard InChI is InChI=1S/C20H20FN5OS2/c1-14(29-20-24-17(13-28-20)15-3-5-16(21)6-4-15)18(27)25-9-11-26(12-10-25)19-22-7-2-8-23-19/h2-8,13-14H,9-12H2,1H3. The molecule has 0 saturated carbocycles. The van der Waals surface area contributed by atoms with Crippen LogP contribution in [0.25, 0.3) is 11.3 Å². The van der Waals surface area contributed by atoms with Crippen LogP contribution in [0.15, 0.2) is 52.4 Å². The lowest BCUT2D eigenvalue weighted by Gasteiger charge is -2.35. The third kappa shape index (κ3) is 4.73. The first kappa shape index (κ1) is 19.8. The Balaban J connectivity index is 1.33. The van der Waals surface area contributed by atoms with E-state index in [1.165, 1.54) is 35.2 Å². The quantitative estimate of drug-likeness (QED) is 0.578. The number of hydrogen-bond donors (Lipinski definition) is 0. The van der Waals surface area contributed by atoms with Crippen molar-refractivity contribution < 1.29 is 9.18 Å². The fourth-order valence-electron chi connectivity index (χ4n) is 3.10. The summed E-state index contributed by atoms with van der Waals surface area (Å²) < 4.78 is 13.9. The maximum atomic E-state index is 13.1. The minimum absolute atomic E-state index is 0.113. The fourth-order valence-corrected chi connectivity index (χ4v) is 5.16. The van der Waals surface area contributed by atoms with Crippen LogP contribution in [-0.4, -0.2) is 57.2 Å². The molecule has 0 N–H and O–H groups in total. The summed E-state index contributed by atoms with van der Waals surface area (Å²) in [4.78, 5) is 30.0. The van der Waals surface area contributed by atoms with E-state index in [9.17, 15) is 9.18 Å². The minimum Gasteiger partial charge on any atom is -0.338 e. The maximum Gasteiger partial charge on any atom is 0.235 e. The number of anilines is 1. The Kier molecular flexibility index (Phi) is 6.05. The molecule has 0 aliphatic carbocycles. The molecule has 6 nitrogen and oxygen atoms in total. The predicted molar refractivity (Wildman–Crippen MR) is 114 cm³/mol. The van der Waals surface area contributed by atoms with Crippen molar-refractivity contribution >= 4 is 35.0 Å². The summed E-state index contributed by atoms with van der Waals surface area (Å²) in [7, 11) is 0. The number of thiazole rings is 1. The Morgan fingerprint density at radius 2 is 1.83 bits per heavy atom. The van der Waals surface area contributed by atoms with Gasteiger partial charge in [-0.1, -0.05) is 11.8 Å². The van der Waals surface area contributed by atoms with E-state index in [0.717, 1.165) is 28.7 Å². The number of thioether (sulfide) groups is 1. The Hall–Kier alpha value is -2.52. The van der Waals surface area contributed by atoms with Crippen molar-refractivity contribution in [2.45, 2.75) is 16.5 Å². The average molecular weight is 430 g/mol. The van der Waals surface area contributed by atoms with Crippen molar-refractivity contribution in [1.29, 1.82) is 0 Å². The molecule has 1 aliphatic heterocycles. The van der Waals surface area contributed by atoms with Gasteiger partial charge in [0.2, 0.25) is 11.9 Å². The first-order chi connectivity index (χ1) is 14.1. The molecule has 3 heterocycles. The summed E-state index contributed by atoms with van der Waals surface area (Å²) in [5.41, 5.74) is 1.67. The zero-order valence-corrected chi connectivity index (χ0v) is 17.5. The first-order valence-corrected chi connectivity index (χ1v) is 11.0. The van der Waals surface area contributed by atoms with E-state index < -0.39 is 0 Å². The van der Waals surface area contributed by atoms with E-state index in [2.05, 4.69) is 19.9 Å². The Morgan fingerprint density at radius 1 is 1.14 bits per heavy atom. The van der Waals surface area contributed by atoms with Gasteiger partial charge in [-0.15, -0.1) is 11.3 Å². The van der Waals surface area contributed by atoms with Crippen LogP contribution in [0.3, 0.4) is 0 Å². The summed E-state index contributed by atoms with van der Waals surface area (Å²) >= 11 is 2.97. The van der Waals surface area contributed by atoms with Gasteiger partial charge in [-0.05, 0) is 37.3 Å². The fraction of sp³-hybridized carbons (Fsp3) is 0.300. The second-order valence-electron chi connectivity index (χ2n) is 6.63. The number of halogens is 1. The van der Waals surface area contributed by atoms with E-state index in [1.54, 1.807) is 30.6 Å². The van der Waals surface area contributed by atoms with Gasteiger partial charge in [0.15, 0.2) is 4.34 Å². The van der Waals surface area contributed by atoms with Gasteiger partial charge in [-0.25, -0.2) is 19.3 Å². The molecule has 1 amide bonds. The highest BCUT2D eigenvalue weighted by Crippen LogP contribution is 2.31. The van der Waals surface area contributed by atoms with Gasteiger partial charge < -0.3 is 9.80 Å². The number of rotatable bonds is 5. The van der Waals surface area contributed by atoms with E-state index in [4.69, 9.17) is 0 Å². The van der Waals surface area contributed by atoms with Crippen LogP contribution >= 0.6 is 23.1 Å². The third-order valence-electron chi connectivity index (χ3n) is 4.67. The zero-order chi connectivity index (χ0) is 20.2. The summed E-state index contributed by atoms with van der Waals surface area (Å²) in [6.07, 6.45) is 3.46. The highest BCUT2D eigenvalue weighted by Gasteiger charge is 2.27. The van der Waals surface area contributed by atoms with E-state index in [-0.39, 0.29) is 17.0 Å². The molecule has 3 aromatic rings. The summed E-state index contributed by atoms with van der Waals surface area (Å²) in [6.45, 7) is 4.66. The SMILES string of the molecule is CC(Sc1nc(-c2ccc(F)cc2)cs1)C(=O)N1CCN(c2ncccn2)CC1. The van der Waals surface area contributed by atoms with Crippen molar-refractivity contribution in [3.8, 4) is 11.3 Å². The number of carbonyl (C=O) groups excluding carboxylic acids is 1. The number of piperazine rings is 1. The lowest BCUT2D eigenvalue weighted by molar-refractivity contribution is -0.130. The van der Waals surface area contributed by atoms with Crippen LogP contribution in [0.5, 0.6) is 0 Å². The molecule has 1 aromatic carbocycles. The van der Waals surface area contributed by atoms with Crippen LogP contribution < -0.4 is 4.90 Å². The smallest absolute Gasteiger partial charge is 0.235 e. The topological polar surface area (TPSA) is 62.2 Å². The van der Waals surface area contributed by atoms with Crippen molar-refractivity contribution in [1.82, 2.24) is 19.9 Å². The van der Waals surface area contributed by atoms with Crippen molar-refractivity contribution in [2.75, 3.05) is 31.1 Å². The van der Waals surface area contributed by atoms with Crippen LogP contribution in [0.1, 0.15) is 6.92 Å². The van der Waals surface area contributed by atoms with Crippen molar-refractivity contribution in [2.24, 2.45) is 0 Å². The molecule has 1 unspecified atom stereocenters. The first-order valence-electron chi connectivity index (χ1n) is 9.29. The molecule has 0 bridgehead atoms. The zero-order valence-electron chi connectivity index (χ0n) is 15.9. The number of hydrogen-bond acceptors (Lipinski definition) is 7. The van der Waals surface area contributed by atoms with Crippen molar-refractivity contribution in [3.05, 3.63) is 53.9 Å². The summed E-state index contributed by atoms with van der Waals surface area (Å²) in [6, 6.07) is 8.07. The van der Waals surface area contributed by atoms with Crippen LogP contribution in [0.4, 0.5) is 10.3 Å². The predicted octanol–water partition coefficient (Wildman–Crippen LogP) is 3.57. The molecule has 4 rings (SSSR count). The number of aromatic nitrogens is 3. The van der Waals surface area contributed by atoms with Crippen LogP contribution in [0, 0.1) is 5.82 Å². The minimum atomic E-state index is -0.267. The molecule has 1 aliphatic rings. The van der Waals surface area contributed by atoms with E-state index in [0.29, 0.717) is 19.0 Å². The van der Waals surface area contributed by atoms with Gasteiger partial charge in [0.05, 0.1) is 10.9 Å². The molecule has 9 heteroatoms. The van der Waals surface area contributed by atoms with Gasteiger partial charge in [-0.3, -0.25) is 4.79 Å². The van der Waals surface area contributed by atoms with E-state index in [1.807, 2.05) is 17.2 Å². The second kappa shape index (κ2) is 8.87. The van der Waals surface area contributed by atoms with Gasteiger partial charge >= 0.3 is 0 Å². The molecule has 2 aromatic heterocycles. The molecule has 0 spiro atoms. The number of nitrogens with zero attached hydrogens (tertiary/aromatic N) is 5. The van der Waals surface area contributed by atoms with Crippen molar-refractivity contribution in [3.63, 3.8) is 0 Å². The monoisotopic (exact) mass is 429 g/mol. The molecule has 0 radical (unpaired) electrons. The average Bonchev–Trinajstić information content (AvgIpc) is 3.23. The molecule has 1 atom stereocenters. The highest BCUT2D eigenvalue weighted by atomic mass is 32.2.